The van der Waals surface area contributed by atoms with Crippen LogP contribution in [0.1, 0.15) is 17.8 Å². The lowest BCUT2D eigenvalue weighted by molar-refractivity contribution is -0.141. The minimum Gasteiger partial charge on any atom is -0.480 e. The molecule has 2 aromatic heterocycles. The van der Waals surface area contributed by atoms with Crippen molar-refractivity contribution >= 4 is 23.0 Å². The van der Waals surface area contributed by atoms with Gasteiger partial charge in [0.25, 0.3) is 5.56 Å². The van der Waals surface area contributed by atoms with Gasteiger partial charge >= 0.3 is 11.7 Å². The van der Waals surface area contributed by atoms with Crippen LogP contribution in [0.5, 0.6) is 0 Å². The second-order valence-corrected chi connectivity index (χ2v) is 6.35. The van der Waals surface area contributed by atoms with Crippen LogP contribution in [0.3, 0.4) is 0 Å². The van der Waals surface area contributed by atoms with Crippen LogP contribution in [-0.2, 0) is 29.5 Å². The molecule has 1 aromatic carbocycles. The van der Waals surface area contributed by atoms with Gasteiger partial charge in [-0.1, -0.05) is 30.3 Å². The number of nitrogens with zero attached hydrogens (tertiary/aromatic N) is 2. The van der Waals surface area contributed by atoms with E-state index in [1.54, 1.807) is 24.3 Å². The van der Waals surface area contributed by atoms with Gasteiger partial charge in [0, 0.05) is 26.3 Å². The first-order chi connectivity index (χ1) is 13.3. The number of carbonyl (C=O) groups excluding carboxylic acids is 1. The smallest absolute Gasteiger partial charge is 0.329 e. The van der Waals surface area contributed by atoms with Crippen LogP contribution in [0.25, 0.3) is 11.2 Å². The number of nitrogens with one attached hydrogen (secondary N) is 3. The molecular formula is C18H19N5O5. The zero-order valence-electron chi connectivity index (χ0n) is 15.1. The summed E-state index contributed by atoms with van der Waals surface area (Å²) in [7, 11) is 1.47. The number of aromatic amines is 2. The highest BCUT2D eigenvalue weighted by atomic mass is 16.4. The van der Waals surface area contributed by atoms with E-state index < -0.39 is 29.2 Å². The van der Waals surface area contributed by atoms with Crippen LogP contribution in [0.2, 0.25) is 0 Å². The predicted molar refractivity (Wildman–Crippen MR) is 100.0 cm³/mol. The van der Waals surface area contributed by atoms with Gasteiger partial charge in [0.2, 0.25) is 5.91 Å². The van der Waals surface area contributed by atoms with Crippen molar-refractivity contribution in [3.63, 3.8) is 0 Å². The third kappa shape index (κ3) is 4.17. The van der Waals surface area contributed by atoms with Crippen molar-refractivity contribution < 1.29 is 14.7 Å². The van der Waals surface area contributed by atoms with E-state index in [0.717, 1.165) is 5.56 Å². The number of aliphatic carboxylic acids is 1. The SMILES string of the molecule is Cn1c(=O)[nH]c(=O)c2[nH]c(CCC(=O)N[C@@H](Cc3ccccc3)C(=O)O)nc21. The number of hydrogen-bond acceptors (Lipinski definition) is 5. The minimum absolute atomic E-state index is 0.0236. The summed E-state index contributed by atoms with van der Waals surface area (Å²) < 4.78 is 1.19. The number of H-pyrrole nitrogens is 2. The van der Waals surface area contributed by atoms with Gasteiger partial charge in [-0.25, -0.2) is 14.6 Å². The number of carboxylic acid groups (broad SMARTS) is 1. The first kappa shape index (κ1) is 19.1. The average Bonchev–Trinajstić information content (AvgIpc) is 3.10. The molecule has 2 heterocycles. The Labute approximate surface area is 158 Å². The lowest BCUT2D eigenvalue weighted by Crippen LogP contribution is -2.42. The number of rotatable bonds is 7. The third-order valence-corrected chi connectivity index (χ3v) is 4.31. The molecule has 0 aliphatic rings. The van der Waals surface area contributed by atoms with Gasteiger partial charge in [-0.2, -0.15) is 0 Å². The lowest BCUT2D eigenvalue weighted by Gasteiger charge is -2.14. The van der Waals surface area contributed by atoms with Crippen LogP contribution in [0.15, 0.2) is 39.9 Å². The second-order valence-electron chi connectivity index (χ2n) is 6.35. The number of aromatic nitrogens is 4. The van der Waals surface area contributed by atoms with E-state index in [2.05, 4.69) is 20.3 Å². The Morgan fingerprint density at radius 2 is 1.93 bits per heavy atom. The molecule has 10 heteroatoms. The van der Waals surface area contributed by atoms with E-state index >= 15 is 0 Å². The van der Waals surface area contributed by atoms with Gasteiger partial charge in [0.15, 0.2) is 5.65 Å². The van der Waals surface area contributed by atoms with Gasteiger partial charge in [0.1, 0.15) is 17.4 Å². The van der Waals surface area contributed by atoms with Crippen molar-refractivity contribution in [3.8, 4) is 0 Å². The first-order valence-electron chi connectivity index (χ1n) is 8.59. The number of aryl methyl sites for hydroxylation is 2. The monoisotopic (exact) mass is 385 g/mol. The Morgan fingerprint density at radius 1 is 1.21 bits per heavy atom. The summed E-state index contributed by atoms with van der Waals surface area (Å²) in [6.07, 6.45) is 0.306. The summed E-state index contributed by atoms with van der Waals surface area (Å²) in [6, 6.07) is 7.95. The number of fused-ring (bicyclic) bond motifs is 1. The van der Waals surface area contributed by atoms with Gasteiger partial charge in [0.05, 0.1) is 0 Å². The lowest BCUT2D eigenvalue weighted by atomic mass is 10.1. The molecule has 0 fully saturated rings. The maximum Gasteiger partial charge on any atom is 0.329 e. The highest BCUT2D eigenvalue weighted by Crippen LogP contribution is 2.07. The van der Waals surface area contributed by atoms with Crippen LogP contribution in [0.4, 0.5) is 0 Å². The molecule has 0 saturated heterocycles. The number of carboxylic acids is 1. The highest BCUT2D eigenvalue weighted by molar-refractivity contribution is 5.83. The number of imidazole rings is 1. The fourth-order valence-electron chi connectivity index (χ4n) is 2.82. The highest BCUT2D eigenvalue weighted by Gasteiger charge is 2.20. The van der Waals surface area contributed by atoms with Crippen molar-refractivity contribution in [3.05, 3.63) is 62.6 Å². The molecule has 3 aromatic rings. The Hall–Kier alpha value is -3.69. The Balaban J connectivity index is 1.66. The summed E-state index contributed by atoms with van der Waals surface area (Å²) in [5, 5.41) is 11.8. The van der Waals surface area contributed by atoms with Crippen molar-refractivity contribution in [2.45, 2.75) is 25.3 Å². The van der Waals surface area contributed by atoms with E-state index in [0.29, 0.717) is 5.82 Å². The third-order valence-electron chi connectivity index (χ3n) is 4.31. The molecule has 0 bridgehead atoms. The Morgan fingerprint density at radius 3 is 2.61 bits per heavy atom. The Bertz CT molecular complexity index is 1130. The zero-order valence-corrected chi connectivity index (χ0v) is 15.1. The van der Waals surface area contributed by atoms with Crippen molar-refractivity contribution in [1.82, 2.24) is 24.8 Å². The molecule has 0 radical (unpaired) electrons. The molecule has 0 spiro atoms. The second kappa shape index (κ2) is 7.91. The first-order valence-corrected chi connectivity index (χ1v) is 8.59. The molecule has 28 heavy (non-hydrogen) atoms. The molecule has 10 nitrogen and oxygen atoms in total. The zero-order chi connectivity index (χ0) is 20.3. The van der Waals surface area contributed by atoms with Crippen molar-refractivity contribution in [2.75, 3.05) is 0 Å². The summed E-state index contributed by atoms with van der Waals surface area (Å²) in [4.78, 5) is 56.2. The van der Waals surface area contributed by atoms with Gasteiger partial charge < -0.3 is 15.4 Å². The van der Waals surface area contributed by atoms with Crippen LogP contribution >= 0.6 is 0 Å². The molecule has 1 amide bonds. The maximum absolute atomic E-state index is 12.2. The molecular weight excluding hydrogens is 366 g/mol. The van der Waals surface area contributed by atoms with E-state index in [-0.39, 0.29) is 30.4 Å². The van der Waals surface area contributed by atoms with Crippen LogP contribution in [-0.4, -0.2) is 42.5 Å². The van der Waals surface area contributed by atoms with Crippen molar-refractivity contribution in [2.24, 2.45) is 7.05 Å². The predicted octanol–water partition coefficient (Wildman–Crippen LogP) is -0.305. The fourth-order valence-corrected chi connectivity index (χ4v) is 2.82. The standard InChI is InChI=1S/C18H19N5O5/c1-23-15-14(16(25)22-18(23)28)20-12(21-15)7-8-13(24)19-11(17(26)27)9-10-5-3-2-4-6-10/h2-6,11H,7-9H2,1H3,(H,19,24)(H,20,21)(H,26,27)(H,22,25,28)/t11-/m0/s1. The minimum atomic E-state index is -1.12. The summed E-state index contributed by atoms with van der Waals surface area (Å²) >= 11 is 0. The van der Waals surface area contributed by atoms with Crippen molar-refractivity contribution in [1.29, 1.82) is 0 Å². The summed E-state index contributed by atoms with van der Waals surface area (Å²) in [5.74, 6) is -1.22. The topological polar surface area (TPSA) is 150 Å². The number of amides is 1. The van der Waals surface area contributed by atoms with E-state index in [4.69, 9.17) is 0 Å². The molecule has 1 atom stereocenters. The Kier molecular flexibility index (Phi) is 5.39. The quantitative estimate of drug-likeness (QED) is 0.438. The molecule has 3 rings (SSSR count). The molecule has 0 unspecified atom stereocenters. The summed E-state index contributed by atoms with van der Waals surface area (Å²) in [5.41, 5.74) is -0.0390. The molecule has 4 N–H and O–H groups in total. The normalized spacial score (nSPS) is 12.0. The van der Waals surface area contributed by atoms with Crippen LogP contribution < -0.4 is 16.6 Å². The largest absolute Gasteiger partial charge is 0.480 e. The number of benzene rings is 1. The van der Waals surface area contributed by atoms with E-state index in [1.807, 2.05) is 6.07 Å². The van der Waals surface area contributed by atoms with Gasteiger partial charge in [-0.3, -0.25) is 19.1 Å². The maximum atomic E-state index is 12.2. The summed E-state index contributed by atoms with van der Waals surface area (Å²) in [6.45, 7) is 0. The molecule has 0 aliphatic carbocycles. The average molecular weight is 385 g/mol. The van der Waals surface area contributed by atoms with Crippen LogP contribution in [0, 0.1) is 0 Å². The van der Waals surface area contributed by atoms with Gasteiger partial charge in [-0.15, -0.1) is 0 Å². The van der Waals surface area contributed by atoms with E-state index in [9.17, 15) is 24.3 Å². The molecule has 0 saturated carbocycles. The van der Waals surface area contributed by atoms with Gasteiger partial charge in [-0.05, 0) is 5.56 Å². The van der Waals surface area contributed by atoms with E-state index in [1.165, 1.54) is 11.6 Å². The number of carbonyl (C=O) groups is 2. The molecule has 0 aliphatic heterocycles. The molecule has 146 valence electrons. The number of hydrogen-bond donors (Lipinski definition) is 4. The fraction of sp³-hybridized carbons (Fsp3) is 0.278.